The number of hydrogen-bond donors (Lipinski definition) is 1. The second kappa shape index (κ2) is 7.44. The van der Waals surface area contributed by atoms with Crippen LogP contribution in [-0.2, 0) is 6.54 Å². The Morgan fingerprint density at radius 3 is 2.37 bits per heavy atom. The second-order valence-corrected chi connectivity index (χ2v) is 6.57. The van der Waals surface area contributed by atoms with Crippen LogP contribution in [0.1, 0.15) is 16.7 Å². The van der Waals surface area contributed by atoms with Crippen molar-refractivity contribution in [2.75, 3.05) is 5.32 Å². The van der Waals surface area contributed by atoms with Crippen molar-refractivity contribution in [2.24, 2.45) is 0 Å². The van der Waals surface area contributed by atoms with Gasteiger partial charge in [0.2, 0.25) is 11.8 Å². The third kappa shape index (κ3) is 4.31. The van der Waals surface area contributed by atoms with Gasteiger partial charge < -0.3 is 9.88 Å². The van der Waals surface area contributed by atoms with Crippen LogP contribution in [0.5, 0.6) is 0 Å². The highest BCUT2D eigenvalue weighted by Gasteiger charge is 2.12. The van der Waals surface area contributed by atoms with Crippen molar-refractivity contribution in [3.63, 3.8) is 0 Å². The molecule has 0 aliphatic rings. The topological polar surface area (TPSA) is 46.9 Å². The first-order valence-electron chi connectivity index (χ1n) is 7.98. The Morgan fingerprint density at radius 2 is 1.70 bits per heavy atom. The number of benzene rings is 2. The van der Waals surface area contributed by atoms with E-state index in [1.807, 2.05) is 13.8 Å². The molecule has 0 aliphatic heterocycles. The summed E-state index contributed by atoms with van der Waals surface area (Å²) < 4.78 is 41.9. The predicted molar refractivity (Wildman–Crippen MR) is 98.1 cm³/mol. The number of hydrogen-bond acceptors (Lipinski definition) is 3. The van der Waals surface area contributed by atoms with E-state index in [1.165, 1.54) is 4.57 Å². The fourth-order valence-corrected chi connectivity index (χ4v) is 2.84. The molecule has 27 heavy (non-hydrogen) atoms. The van der Waals surface area contributed by atoms with Crippen LogP contribution >= 0.6 is 11.6 Å². The highest BCUT2D eigenvalue weighted by molar-refractivity contribution is 6.31. The highest BCUT2D eigenvalue weighted by atomic mass is 35.5. The average molecular weight is 394 g/mol. The molecule has 0 aliphatic carbocycles. The van der Waals surface area contributed by atoms with E-state index >= 15 is 0 Å². The Hall–Kier alpha value is -2.80. The van der Waals surface area contributed by atoms with Gasteiger partial charge in [0.25, 0.3) is 0 Å². The summed E-state index contributed by atoms with van der Waals surface area (Å²) in [6.45, 7) is 3.53. The van der Waals surface area contributed by atoms with Crippen LogP contribution in [-0.4, -0.2) is 9.55 Å². The number of halogens is 4. The Balaban J connectivity index is 2.04. The maximum absolute atomic E-state index is 13.8. The lowest BCUT2D eigenvalue weighted by Crippen LogP contribution is -2.20. The van der Waals surface area contributed by atoms with E-state index in [9.17, 15) is 18.0 Å². The van der Waals surface area contributed by atoms with Gasteiger partial charge in [0.05, 0.1) is 6.54 Å². The van der Waals surface area contributed by atoms with Gasteiger partial charge in [-0.3, -0.25) is 4.79 Å². The molecule has 0 saturated heterocycles. The summed E-state index contributed by atoms with van der Waals surface area (Å²) in [6, 6.07) is 6.50. The molecule has 2 aromatic carbocycles. The van der Waals surface area contributed by atoms with Crippen molar-refractivity contribution in [2.45, 2.75) is 20.4 Å². The van der Waals surface area contributed by atoms with Gasteiger partial charge in [-0.1, -0.05) is 11.6 Å². The summed E-state index contributed by atoms with van der Waals surface area (Å²) in [5.74, 6) is -2.53. The molecule has 0 bridgehead atoms. The van der Waals surface area contributed by atoms with E-state index in [0.29, 0.717) is 10.7 Å². The van der Waals surface area contributed by atoms with Crippen molar-refractivity contribution in [3.05, 3.63) is 86.0 Å². The van der Waals surface area contributed by atoms with E-state index in [0.717, 1.165) is 35.5 Å². The molecule has 1 heterocycles. The van der Waals surface area contributed by atoms with Crippen LogP contribution in [0.15, 0.2) is 41.3 Å². The van der Waals surface area contributed by atoms with Gasteiger partial charge in [-0.25, -0.2) is 8.78 Å². The molecule has 140 valence electrons. The Bertz CT molecular complexity index is 1060. The fourth-order valence-electron chi connectivity index (χ4n) is 2.62. The molecular formula is C19H15ClF3N3O. The second-order valence-electron chi connectivity index (χ2n) is 6.16. The first kappa shape index (κ1) is 19.0. The van der Waals surface area contributed by atoms with Crippen LogP contribution in [0, 0.1) is 31.3 Å². The van der Waals surface area contributed by atoms with Gasteiger partial charge in [-0.2, -0.15) is 9.37 Å². The summed E-state index contributed by atoms with van der Waals surface area (Å²) in [4.78, 5) is 15.4. The van der Waals surface area contributed by atoms with E-state index in [4.69, 9.17) is 11.6 Å². The van der Waals surface area contributed by atoms with Crippen LogP contribution < -0.4 is 10.9 Å². The number of rotatable bonds is 4. The minimum atomic E-state index is -1.07. The van der Waals surface area contributed by atoms with Gasteiger partial charge in [0.1, 0.15) is 11.6 Å². The summed E-state index contributed by atoms with van der Waals surface area (Å²) in [6.07, 6.45) is 0.943. The van der Waals surface area contributed by atoms with Crippen molar-refractivity contribution >= 4 is 23.2 Å². The third-order valence-electron chi connectivity index (χ3n) is 3.98. The first-order chi connectivity index (χ1) is 12.7. The molecule has 1 N–H and O–H groups in total. The molecule has 0 amide bonds. The lowest BCUT2D eigenvalue weighted by Gasteiger charge is -2.16. The Labute approximate surface area is 158 Å². The molecule has 0 saturated carbocycles. The molecule has 4 nitrogen and oxygen atoms in total. The number of aryl methyl sites for hydroxylation is 2. The van der Waals surface area contributed by atoms with Crippen molar-refractivity contribution in [3.8, 4) is 0 Å². The number of aromatic nitrogens is 2. The van der Waals surface area contributed by atoms with E-state index in [1.54, 1.807) is 12.1 Å². The van der Waals surface area contributed by atoms with E-state index in [-0.39, 0.29) is 18.1 Å². The number of nitrogens with one attached hydrogen (secondary N) is 1. The molecule has 0 radical (unpaired) electrons. The first-order valence-corrected chi connectivity index (χ1v) is 8.36. The summed E-state index contributed by atoms with van der Waals surface area (Å²) in [5.41, 5.74) is 1.42. The molecule has 1 aromatic heterocycles. The molecule has 8 heteroatoms. The van der Waals surface area contributed by atoms with Crippen LogP contribution in [0.4, 0.5) is 24.8 Å². The molecule has 0 unspecified atom stereocenters. The van der Waals surface area contributed by atoms with Crippen molar-refractivity contribution in [1.29, 1.82) is 0 Å². The smallest absolute Gasteiger partial charge is 0.310 e. The summed E-state index contributed by atoms with van der Waals surface area (Å²) >= 11 is 6.08. The molecular weight excluding hydrogens is 379 g/mol. The lowest BCUT2D eigenvalue weighted by atomic mass is 10.1. The number of anilines is 2. The Morgan fingerprint density at radius 1 is 1.04 bits per heavy atom. The van der Waals surface area contributed by atoms with Gasteiger partial charge >= 0.3 is 5.56 Å². The molecule has 0 fully saturated rings. The highest BCUT2D eigenvalue weighted by Crippen LogP contribution is 2.26. The zero-order valence-corrected chi connectivity index (χ0v) is 15.2. The van der Waals surface area contributed by atoms with Crippen LogP contribution in [0.3, 0.4) is 0 Å². The van der Waals surface area contributed by atoms with Crippen LogP contribution in [0.25, 0.3) is 0 Å². The van der Waals surface area contributed by atoms with E-state index < -0.39 is 23.0 Å². The SMILES string of the molecule is Cc1cc(Nc2nc(=O)c(F)cn2Cc2cc(F)cc(F)c2)c(C)cc1Cl. The van der Waals surface area contributed by atoms with Crippen LogP contribution in [0.2, 0.25) is 5.02 Å². The largest absolute Gasteiger partial charge is 0.325 e. The van der Waals surface area contributed by atoms with Gasteiger partial charge in [0.15, 0.2) is 0 Å². The van der Waals surface area contributed by atoms with Gasteiger partial charge in [-0.15, -0.1) is 0 Å². The number of nitrogens with zero attached hydrogens (tertiary/aromatic N) is 2. The zero-order chi connectivity index (χ0) is 19.7. The molecule has 0 spiro atoms. The summed E-state index contributed by atoms with van der Waals surface area (Å²) in [5, 5.41) is 3.55. The van der Waals surface area contributed by atoms with Crippen molar-refractivity contribution in [1.82, 2.24) is 9.55 Å². The average Bonchev–Trinajstić information content (AvgIpc) is 2.56. The fraction of sp³-hybridized carbons (Fsp3) is 0.158. The normalized spacial score (nSPS) is 10.9. The van der Waals surface area contributed by atoms with Crippen molar-refractivity contribution < 1.29 is 13.2 Å². The molecule has 0 atom stereocenters. The third-order valence-corrected chi connectivity index (χ3v) is 4.39. The van der Waals surface area contributed by atoms with Gasteiger partial charge in [-0.05, 0) is 54.8 Å². The minimum absolute atomic E-state index is 0.0379. The minimum Gasteiger partial charge on any atom is -0.325 e. The summed E-state index contributed by atoms with van der Waals surface area (Å²) in [7, 11) is 0. The standard InChI is InChI=1S/C19H15ClF3N3O/c1-10-4-17(11(2)3-15(10)20)24-19-25-18(27)16(23)9-26(19)8-12-5-13(21)7-14(22)6-12/h3-7,9H,8H2,1-2H3,(H,24,25,27). The Kier molecular flexibility index (Phi) is 5.23. The quantitative estimate of drug-likeness (QED) is 0.697. The zero-order valence-electron chi connectivity index (χ0n) is 14.5. The van der Waals surface area contributed by atoms with Gasteiger partial charge in [0, 0.05) is 23.0 Å². The monoisotopic (exact) mass is 393 g/mol. The predicted octanol–water partition coefficient (Wildman–Crippen LogP) is 4.72. The maximum atomic E-state index is 13.8. The molecule has 3 aromatic rings. The molecule has 3 rings (SSSR count). The van der Waals surface area contributed by atoms with E-state index in [2.05, 4.69) is 10.3 Å². The lowest BCUT2D eigenvalue weighted by molar-refractivity contribution is 0.568. The maximum Gasteiger partial charge on any atom is 0.310 e.